The van der Waals surface area contributed by atoms with Crippen LogP contribution in [0, 0.1) is 0 Å². The SMILES string of the molecule is CNC(c1ccccc1)=[N+]1CCN(CCOc2ccc(Cl)cc2)CC1. The standard InChI is InChI=1S/C20H24ClN3O/c1-22-20(17-5-3-2-4-6-17)24-13-11-23(12-14-24)15-16-25-19-9-7-18(21)8-10-19/h2-10H,11-16H2,1H3/p+1. The number of hydrogen-bond acceptors (Lipinski definition) is 2. The zero-order chi connectivity index (χ0) is 17.5. The van der Waals surface area contributed by atoms with Gasteiger partial charge in [0, 0.05) is 24.7 Å². The molecular formula is C20H25ClN3O+. The quantitative estimate of drug-likeness (QED) is 0.658. The van der Waals surface area contributed by atoms with Gasteiger partial charge < -0.3 is 4.74 Å². The molecule has 3 rings (SSSR count). The van der Waals surface area contributed by atoms with Crippen molar-refractivity contribution in [1.82, 2.24) is 10.2 Å². The highest BCUT2D eigenvalue weighted by molar-refractivity contribution is 6.30. The molecule has 1 aliphatic rings. The third kappa shape index (κ3) is 4.97. The van der Waals surface area contributed by atoms with Crippen molar-refractivity contribution >= 4 is 17.4 Å². The maximum atomic E-state index is 5.89. The first-order chi connectivity index (χ1) is 12.3. The van der Waals surface area contributed by atoms with Gasteiger partial charge in [0.05, 0.1) is 25.7 Å². The molecule has 5 heteroatoms. The molecule has 0 unspecified atom stereocenters. The van der Waals surface area contributed by atoms with Crippen LogP contribution in [0.4, 0.5) is 0 Å². The highest BCUT2D eigenvalue weighted by Gasteiger charge is 2.20. The Morgan fingerprint density at radius 2 is 1.76 bits per heavy atom. The van der Waals surface area contributed by atoms with Crippen molar-refractivity contribution < 1.29 is 9.31 Å². The van der Waals surface area contributed by atoms with E-state index in [0.29, 0.717) is 6.61 Å². The van der Waals surface area contributed by atoms with E-state index in [1.54, 1.807) is 0 Å². The molecule has 0 aliphatic carbocycles. The van der Waals surface area contributed by atoms with E-state index in [0.717, 1.165) is 43.5 Å². The fourth-order valence-corrected chi connectivity index (χ4v) is 3.23. The molecule has 1 fully saturated rings. The van der Waals surface area contributed by atoms with Gasteiger partial charge in [-0.25, -0.2) is 0 Å². The van der Waals surface area contributed by atoms with Gasteiger partial charge in [0.15, 0.2) is 0 Å². The van der Waals surface area contributed by atoms with Gasteiger partial charge in [-0.05, 0) is 36.4 Å². The van der Waals surface area contributed by atoms with Crippen LogP contribution in [0.25, 0.3) is 0 Å². The van der Waals surface area contributed by atoms with Crippen molar-refractivity contribution in [2.75, 3.05) is 46.4 Å². The summed E-state index contributed by atoms with van der Waals surface area (Å²) in [6.07, 6.45) is 0. The summed E-state index contributed by atoms with van der Waals surface area (Å²) in [5.74, 6) is 2.08. The highest BCUT2D eigenvalue weighted by Crippen LogP contribution is 2.15. The summed E-state index contributed by atoms with van der Waals surface area (Å²) in [4.78, 5) is 2.45. The normalized spacial score (nSPS) is 15.0. The van der Waals surface area contributed by atoms with Gasteiger partial charge in [-0.3, -0.25) is 14.8 Å². The molecule has 0 radical (unpaired) electrons. The largest absolute Gasteiger partial charge is 0.492 e. The number of hydrogen-bond donors (Lipinski definition) is 1. The van der Waals surface area contributed by atoms with E-state index in [-0.39, 0.29) is 0 Å². The number of amidine groups is 1. The Labute approximate surface area is 154 Å². The first kappa shape index (κ1) is 17.8. The minimum atomic E-state index is 0.697. The average molecular weight is 359 g/mol. The third-order valence-corrected chi connectivity index (χ3v) is 4.71. The molecule has 1 heterocycles. The van der Waals surface area contributed by atoms with Crippen molar-refractivity contribution in [2.45, 2.75) is 0 Å². The number of benzene rings is 2. The fraction of sp³-hybridized carbons (Fsp3) is 0.350. The zero-order valence-corrected chi connectivity index (χ0v) is 15.4. The monoisotopic (exact) mass is 358 g/mol. The molecule has 25 heavy (non-hydrogen) atoms. The fourth-order valence-electron chi connectivity index (χ4n) is 3.10. The molecule has 1 aliphatic heterocycles. The van der Waals surface area contributed by atoms with E-state index >= 15 is 0 Å². The van der Waals surface area contributed by atoms with E-state index in [9.17, 15) is 0 Å². The number of nitrogens with zero attached hydrogens (tertiary/aromatic N) is 2. The first-order valence-corrected chi connectivity index (χ1v) is 9.10. The lowest BCUT2D eigenvalue weighted by atomic mass is 10.2. The molecule has 2 aromatic rings. The number of rotatable bonds is 5. The highest BCUT2D eigenvalue weighted by atomic mass is 35.5. The van der Waals surface area contributed by atoms with Crippen LogP contribution in [0.1, 0.15) is 5.56 Å². The lowest BCUT2D eigenvalue weighted by Crippen LogP contribution is -2.47. The molecule has 0 aromatic heterocycles. The molecule has 132 valence electrons. The minimum Gasteiger partial charge on any atom is -0.492 e. The van der Waals surface area contributed by atoms with Crippen LogP contribution in [-0.2, 0) is 0 Å². The lowest BCUT2D eigenvalue weighted by Gasteiger charge is -2.28. The molecule has 1 N–H and O–H groups in total. The van der Waals surface area contributed by atoms with Gasteiger partial charge >= 0.3 is 0 Å². The van der Waals surface area contributed by atoms with Gasteiger partial charge in [-0.15, -0.1) is 0 Å². The van der Waals surface area contributed by atoms with Gasteiger partial charge in [0.1, 0.15) is 12.4 Å². The Hall–Kier alpha value is -2.04. The minimum absolute atomic E-state index is 0.697. The predicted octanol–water partition coefficient (Wildman–Crippen LogP) is 2.71. The maximum absolute atomic E-state index is 5.89. The molecular weight excluding hydrogens is 334 g/mol. The van der Waals surface area contributed by atoms with Crippen LogP contribution in [0.3, 0.4) is 0 Å². The van der Waals surface area contributed by atoms with Crippen molar-refractivity contribution in [1.29, 1.82) is 0 Å². The van der Waals surface area contributed by atoms with E-state index in [4.69, 9.17) is 16.3 Å². The van der Waals surface area contributed by atoms with Crippen LogP contribution >= 0.6 is 11.6 Å². The molecule has 0 spiro atoms. The molecule has 0 saturated carbocycles. The molecule has 4 nitrogen and oxygen atoms in total. The maximum Gasteiger partial charge on any atom is 0.276 e. The summed E-state index contributed by atoms with van der Waals surface area (Å²) in [5, 5.41) is 4.10. The van der Waals surface area contributed by atoms with Crippen molar-refractivity contribution in [3.05, 3.63) is 65.2 Å². The van der Waals surface area contributed by atoms with Gasteiger partial charge in [0.2, 0.25) is 0 Å². The second-order valence-electron chi connectivity index (χ2n) is 6.10. The lowest BCUT2D eigenvalue weighted by molar-refractivity contribution is -0.541. The first-order valence-electron chi connectivity index (χ1n) is 8.72. The van der Waals surface area contributed by atoms with Crippen LogP contribution in [0.15, 0.2) is 54.6 Å². The third-order valence-electron chi connectivity index (χ3n) is 4.46. The molecule has 2 aromatic carbocycles. The number of halogens is 1. The molecule has 0 amide bonds. The van der Waals surface area contributed by atoms with Crippen LogP contribution in [0.2, 0.25) is 5.02 Å². The van der Waals surface area contributed by atoms with Crippen LogP contribution < -0.4 is 10.1 Å². The Kier molecular flexibility index (Phi) is 6.31. The average Bonchev–Trinajstić information content (AvgIpc) is 2.66. The topological polar surface area (TPSA) is 27.5 Å². The Balaban J connectivity index is 1.49. The molecule has 0 bridgehead atoms. The van der Waals surface area contributed by atoms with E-state index in [1.165, 1.54) is 11.4 Å². The summed E-state index contributed by atoms with van der Waals surface area (Å²) >= 11 is 5.89. The summed E-state index contributed by atoms with van der Waals surface area (Å²) in [5.41, 5.74) is 1.24. The van der Waals surface area contributed by atoms with E-state index < -0.39 is 0 Å². The zero-order valence-electron chi connectivity index (χ0n) is 14.6. The number of piperazine rings is 1. The second kappa shape index (κ2) is 8.88. The van der Waals surface area contributed by atoms with Crippen molar-refractivity contribution in [3.8, 4) is 5.75 Å². The Bertz CT molecular complexity index is 691. The molecule has 1 saturated heterocycles. The smallest absolute Gasteiger partial charge is 0.276 e. The summed E-state index contributed by atoms with van der Waals surface area (Å²) < 4.78 is 8.22. The van der Waals surface area contributed by atoms with Gasteiger partial charge in [-0.1, -0.05) is 29.8 Å². The molecule has 0 atom stereocenters. The second-order valence-corrected chi connectivity index (χ2v) is 6.53. The number of ether oxygens (including phenoxy) is 1. The summed E-state index contributed by atoms with van der Waals surface area (Å²) in [6, 6.07) is 18.0. The summed E-state index contributed by atoms with van der Waals surface area (Å²) in [6.45, 7) is 5.77. The Morgan fingerprint density at radius 1 is 1.08 bits per heavy atom. The van der Waals surface area contributed by atoms with Crippen LogP contribution in [-0.4, -0.2) is 61.7 Å². The summed E-state index contributed by atoms with van der Waals surface area (Å²) in [7, 11) is 1.99. The van der Waals surface area contributed by atoms with E-state index in [1.807, 2.05) is 31.3 Å². The predicted molar refractivity (Wildman–Crippen MR) is 103 cm³/mol. The Morgan fingerprint density at radius 3 is 2.40 bits per heavy atom. The van der Waals surface area contributed by atoms with Crippen molar-refractivity contribution in [3.63, 3.8) is 0 Å². The van der Waals surface area contributed by atoms with Gasteiger partial charge in [-0.2, -0.15) is 0 Å². The van der Waals surface area contributed by atoms with E-state index in [2.05, 4.69) is 45.1 Å². The number of nitrogens with one attached hydrogen (secondary N) is 1. The van der Waals surface area contributed by atoms with Crippen molar-refractivity contribution in [2.24, 2.45) is 0 Å². The van der Waals surface area contributed by atoms with Gasteiger partial charge in [0.25, 0.3) is 5.84 Å². The van der Waals surface area contributed by atoms with Crippen LogP contribution in [0.5, 0.6) is 5.75 Å².